The molecule has 1 aliphatic heterocycles. The Kier molecular flexibility index (Phi) is 4.80. The summed E-state index contributed by atoms with van der Waals surface area (Å²) >= 11 is 1.57. The molecule has 2 aromatic rings. The highest BCUT2D eigenvalue weighted by molar-refractivity contribution is 7.98. The van der Waals surface area contributed by atoms with Crippen molar-refractivity contribution >= 4 is 29.1 Å². The summed E-state index contributed by atoms with van der Waals surface area (Å²) < 4.78 is 0. The zero-order chi connectivity index (χ0) is 15.4. The van der Waals surface area contributed by atoms with Crippen molar-refractivity contribution in [3.63, 3.8) is 0 Å². The van der Waals surface area contributed by atoms with Crippen molar-refractivity contribution in [3.8, 4) is 0 Å². The van der Waals surface area contributed by atoms with Gasteiger partial charge < -0.3 is 15.1 Å². The van der Waals surface area contributed by atoms with Gasteiger partial charge in [-0.15, -0.1) is 0 Å². The monoisotopic (exact) mass is 315 g/mol. The number of piperazine rings is 1. The lowest BCUT2D eigenvalue weighted by molar-refractivity contribution is 0.312. The third-order valence-corrected chi connectivity index (χ3v) is 4.30. The van der Waals surface area contributed by atoms with E-state index in [1.54, 1.807) is 11.8 Å². The normalized spacial score (nSPS) is 15.8. The fourth-order valence-electron chi connectivity index (χ4n) is 2.44. The van der Waals surface area contributed by atoms with E-state index in [0.29, 0.717) is 0 Å². The summed E-state index contributed by atoms with van der Waals surface area (Å²) in [6.45, 7) is 4.15. The molecule has 0 bridgehead atoms. The quantitative estimate of drug-likeness (QED) is 0.691. The summed E-state index contributed by atoms with van der Waals surface area (Å²) in [4.78, 5) is 13.9. The highest BCUT2D eigenvalue weighted by atomic mass is 32.2. The zero-order valence-corrected chi connectivity index (χ0v) is 13.8. The molecule has 1 N–H and O–H groups in total. The van der Waals surface area contributed by atoms with Crippen LogP contribution in [0, 0.1) is 0 Å². The van der Waals surface area contributed by atoms with Crippen LogP contribution in [-0.2, 0) is 0 Å². The minimum absolute atomic E-state index is 0.801. The number of thioether (sulfide) groups is 1. The van der Waals surface area contributed by atoms with Crippen LogP contribution >= 0.6 is 11.8 Å². The Hall–Kier alpha value is -1.79. The van der Waals surface area contributed by atoms with Crippen LogP contribution in [0.3, 0.4) is 0 Å². The maximum absolute atomic E-state index is 4.66. The lowest BCUT2D eigenvalue weighted by Crippen LogP contribution is -2.44. The van der Waals surface area contributed by atoms with Crippen LogP contribution in [0.4, 0.5) is 17.3 Å². The maximum Gasteiger partial charge on any atom is 0.191 e. The number of anilines is 3. The zero-order valence-electron chi connectivity index (χ0n) is 13.0. The van der Waals surface area contributed by atoms with Gasteiger partial charge in [-0.05, 0) is 25.4 Å². The largest absolute Gasteiger partial charge is 0.354 e. The molecule has 0 spiro atoms. The summed E-state index contributed by atoms with van der Waals surface area (Å²) in [6, 6.07) is 12.2. The van der Waals surface area contributed by atoms with Crippen molar-refractivity contribution in [1.82, 2.24) is 14.9 Å². The van der Waals surface area contributed by atoms with Gasteiger partial charge in [0.15, 0.2) is 5.16 Å². The molecule has 0 amide bonds. The molecule has 1 saturated heterocycles. The Bertz CT molecular complexity index is 611. The van der Waals surface area contributed by atoms with E-state index in [0.717, 1.165) is 48.7 Å². The Morgan fingerprint density at radius 1 is 1.05 bits per heavy atom. The average molecular weight is 315 g/mol. The summed E-state index contributed by atoms with van der Waals surface area (Å²) in [6.07, 6.45) is 2.01. The second kappa shape index (κ2) is 6.98. The van der Waals surface area contributed by atoms with E-state index in [-0.39, 0.29) is 0 Å². The third-order valence-electron chi connectivity index (χ3n) is 3.75. The van der Waals surface area contributed by atoms with Gasteiger partial charge in [0.05, 0.1) is 0 Å². The number of hydrogen-bond acceptors (Lipinski definition) is 6. The van der Waals surface area contributed by atoms with Crippen molar-refractivity contribution in [2.45, 2.75) is 5.16 Å². The molecular weight excluding hydrogens is 294 g/mol. The first-order chi connectivity index (χ1) is 10.7. The smallest absolute Gasteiger partial charge is 0.191 e. The van der Waals surface area contributed by atoms with Crippen molar-refractivity contribution in [2.75, 3.05) is 49.7 Å². The highest BCUT2D eigenvalue weighted by Gasteiger charge is 2.17. The first-order valence-electron chi connectivity index (χ1n) is 7.43. The van der Waals surface area contributed by atoms with Crippen LogP contribution in [-0.4, -0.2) is 54.4 Å². The average Bonchev–Trinajstić information content (AvgIpc) is 2.56. The minimum Gasteiger partial charge on any atom is -0.354 e. The number of hydrogen-bond donors (Lipinski definition) is 1. The molecule has 1 aromatic heterocycles. The van der Waals surface area contributed by atoms with Crippen LogP contribution in [0.15, 0.2) is 41.6 Å². The Balaban J connectivity index is 1.83. The highest BCUT2D eigenvalue weighted by Crippen LogP contribution is 2.23. The Labute approximate surface area is 135 Å². The van der Waals surface area contributed by atoms with Crippen molar-refractivity contribution in [1.29, 1.82) is 0 Å². The van der Waals surface area contributed by atoms with Crippen LogP contribution in [0.5, 0.6) is 0 Å². The van der Waals surface area contributed by atoms with E-state index in [4.69, 9.17) is 0 Å². The molecule has 1 aliphatic rings. The number of nitrogens with zero attached hydrogens (tertiary/aromatic N) is 4. The summed E-state index contributed by atoms with van der Waals surface area (Å²) in [5, 5.41) is 4.17. The predicted octanol–water partition coefficient (Wildman–Crippen LogP) is 2.69. The first kappa shape index (κ1) is 15.1. The molecule has 0 radical (unpaired) electrons. The number of nitrogens with one attached hydrogen (secondary N) is 1. The molecule has 6 heteroatoms. The second-order valence-corrected chi connectivity index (χ2v) is 6.15. The molecule has 0 saturated carbocycles. The molecule has 2 heterocycles. The number of aromatic nitrogens is 2. The number of rotatable bonds is 4. The van der Waals surface area contributed by atoms with E-state index < -0.39 is 0 Å². The standard InChI is InChI=1S/C16H21N5S/c1-20-8-10-21(11-9-20)15-12-14(18-16(19-15)22-2)17-13-6-4-3-5-7-13/h3-7,12H,8-11H2,1-2H3,(H,17,18,19). The number of benzene rings is 1. The summed E-state index contributed by atoms with van der Waals surface area (Å²) in [5.41, 5.74) is 1.04. The van der Waals surface area contributed by atoms with Gasteiger partial charge in [-0.3, -0.25) is 0 Å². The molecule has 116 valence electrons. The van der Waals surface area contributed by atoms with Crippen LogP contribution in [0.25, 0.3) is 0 Å². The molecule has 22 heavy (non-hydrogen) atoms. The molecule has 1 aromatic carbocycles. The molecular formula is C16H21N5S. The van der Waals surface area contributed by atoms with Gasteiger partial charge in [-0.2, -0.15) is 0 Å². The first-order valence-corrected chi connectivity index (χ1v) is 8.66. The van der Waals surface area contributed by atoms with E-state index >= 15 is 0 Å². The Morgan fingerprint density at radius 2 is 1.77 bits per heavy atom. The van der Waals surface area contributed by atoms with Gasteiger partial charge in [0.1, 0.15) is 11.6 Å². The molecule has 0 unspecified atom stereocenters. The maximum atomic E-state index is 4.66. The fourth-order valence-corrected chi connectivity index (χ4v) is 2.81. The van der Waals surface area contributed by atoms with Gasteiger partial charge in [0, 0.05) is 37.9 Å². The number of likely N-dealkylation sites (N-methyl/N-ethyl adjacent to an activating group) is 1. The van der Waals surface area contributed by atoms with Gasteiger partial charge in [0.2, 0.25) is 0 Å². The van der Waals surface area contributed by atoms with E-state index in [1.165, 1.54) is 0 Å². The molecule has 0 aliphatic carbocycles. The van der Waals surface area contributed by atoms with Crippen LogP contribution in [0.1, 0.15) is 0 Å². The van der Waals surface area contributed by atoms with E-state index in [9.17, 15) is 0 Å². The van der Waals surface area contributed by atoms with Crippen LogP contribution in [0.2, 0.25) is 0 Å². The predicted molar refractivity (Wildman–Crippen MR) is 93.2 cm³/mol. The molecule has 5 nitrogen and oxygen atoms in total. The van der Waals surface area contributed by atoms with E-state index in [1.807, 2.05) is 42.7 Å². The topological polar surface area (TPSA) is 44.3 Å². The Morgan fingerprint density at radius 3 is 2.45 bits per heavy atom. The summed E-state index contributed by atoms with van der Waals surface area (Å²) in [5.74, 6) is 1.85. The van der Waals surface area contributed by atoms with E-state index in [2.05, 4.69) is 32.1 Å². The lowest BCUT2D eigenvalue weighted by Gasteiger charge is -2.33. The van der Waals surface area contributed by atoms with Crippen molar-refractivity contribution < 1.29 is 0 Å². The van der Waals surface area contributed by atoms with Crippen molar-refractivity contribution in [2.24, 2.45) is 0 Å². The van der Waals surface area contributed by atoms with Crippen molar-refractivity contribution in [3.05, 3.63) is 36.4 Å². The molecule has 1 fully saturated rings. The van der Waals surface area contributed by atoms with Gasteiger partial charge in [0.25, 0.3) is 0 Å². The summed E-state index contributed by atoms with van der Waals surface area (Å²) in [7, 11) is 2.16. The van der Waals surface area contributed by atoms with Gasteiger partial charge in [-0.25, -0.2) is 9.97 Å². The molecule has 0 atom stereocenters. The minimum atomic E-state index is 0.801. The van der Waals surface area contributed by atoms with Gasteiger partial charge in [-0.1, -0.05) is 30.0 Å². The number of para-hydroxylation sites is 1. The SMILES string of the molecule is CSc1nc(Nc2ccccc2)cc(N2CCN(C)CC2)n1. The van der Waals surface area contributed by atoms with Crippen LogP contribution < -0.4 is 10.2 Å². The molecule has 3 rings (SSSR count). The fraction of sp³-hybridized carbons (Fsp3) is 0.375. The van der Waals surface area contributed by atoms with Gasteiger partial charge >= 0.3 is 0 Å². The second-order valence-electron chi connectivity index (χ2n) is 5.38. The third kappa shape index (κ3) is 3.69. The lowest BCUT2D eigenvalue weighted by atomic mass is 10.3.